The summed E-state index contributed by atoms with van der Waals surface area (Å²) in [6.45, 7) is 1.77. The lowest BCUT2D eigenvalue weighted by Crippen LogP contribution is -2.38. The third-order valence-electron chi connectivity index (χ3n) is 2.34. The van der Waals surface area contributed by atoms with Crippen LogP contribution in [0.5, 0.6) is 0 Å². The molecule has 0 fully saturated rings. The molecule has 17 heavy (non-hydrogen) atoms. The van der Waals surface area contributed by atoms with Crippen LogP contribution >= 0.6 is 0 Å². The van der Waals surface area contributed by atoms with Crippen molar-refractivity contribution in [2.24, 2.45) is 7.05 Å². The van der Waals surface area contributed by atoms with Gasteiger partial charge in [-0.1, -0.05) is 6.08 Å². The van der Waals surface area contributed by atoms with E-state index in [1.165, 1.54) is 31.9 Å². The van der Waals surface area contributed by atoms with Crippen LogP contribution < -0.4 is 11.2 Å². The summed E-state index contributed by atoms with van der Waals surface area (Å²) in [4.78, 5) is 23.5. The topological polar surface area (TPSA) is 62.5 Å². The van der Waals surface area contributed by atoms with Crippen LogP contribution in [0, 0.1) is 0 Å². The summed E-state index contributed by atoms with van der Waals surface area (Å²) in [5.74, 6) is 0. The van der Waals surface area contributed by atoms with Crippen molar-refractivity contribution in [3.8, 4) is 0 Å². The van der Waals surface area contributed by atoms with Gasteiger partial charge in [-0.25, -0.2) is 4.79 Å². The zero-order chi connectivity index (χ0) is 13.0. The predicted molar refractivity (Wildman–Crippen MR) is 63.7 cm³/mol. The van der Waals surface area contributed by atoms with Crippen molar-refractivity contribution in [3.05, 3.63) is 38.7 Å². The van der Waals surface area contributed by atoms with Gasteiger partial charge < -0.3 is 9.47 Å². The van der Waals surface area contributed by atoms with Gasteiger partial charge in [0.05, 0.1) is 5.69 Å². The third-order valence-corrected chi connectivity index (χ3v) is 2.34. The van der Waals surface area contributed by atoms with E-state index in [0.29, 0.717) is 5.69 Å². The zero-order valence-corrected chi connectivity index (χ0v) is 10.3. The molecule has 0 amide bonds. The molecule has 94 valence electrons. The Bertz CT molecular complexity index is 523. The Balaban J connectivity index is 3.58. The fourth-order valence-corrected chi connectivity index (χ4v) is 1.48. The van der Waals surface area contributed by atoms with Gasteiger partial charge in [-0.05, 0) is 6.92 Å². The molecule has 0 radical (unpaired) electrons. The van der Waals surface area contributed by atoms with Crippen molar-refractivity contribution < 1.29 is 9.47 Å². The minimum atomic E-state index is -0.757. The minimum Gasteiger partial charge on any atom is -0.350 e. The van der Waals surface area contributed by atoms with Crippen LogP contribution in [0.2, 0.25) is 0 Å². The summed E-state index contributed by atoms with van der Waals surface area (Å²) in [6, 6.07) is 1.32. The maximum absolute atomic E-state index is 11.9. The normalized spacial score (nSPS) is 11.6. The van der Waals surface area contributed by atoms with E-state index in [0.717, 1.165) is 4.57 Å². The first-order valence-corrected chi connectivity index (χ1v) is 5.07. The smallest absolute Gasteiger partial charge is 0.335 e. The molecule has 0 aliphatic carbocycles. The monoisotopic (exact) mass is 240 g/mol. The van der Waals surface area contributed by atoms with Gasteiger partial charge in [0.15, 0.2) is 6.29 Å². The molecule has 0 saturated heterocycles. The van der Waals surface area contributed by atoms with E-state index in [1.807, 2.05) is 0 Å². The van der Waals surface area contributed by atoms with E-state index in [-0.39, 0.29) is 0 Å². The van der Waals surface area contributed by atoms with Crippen LogP contribution in [0.25, 0.3) is 6.20 Å². The minimum absolute atomic E-state index is 0.362. The molecule has 0 aliphatic heterocycles. The van der Waals surface area contributed by atoms with Crippen LogP contribution in [0.4, 0.5) is 0 Å². The first-order chi connectivity index (χ1) is 8.06. The fraction of sp³-hybridized carbons (Fsp3) is 0.455. The highest BCUT2D eigenvalue weighted by Crippen LogP contribution is 2.14. The molecule has 0 aromatic carbocycles. The van der Waals surface area contributed by atoms with Gasteiger partial charge in [0.25, 0.3) is 5.56 Å². The van der Waals surface area contributed by atoms with Crippen LogP contribution in [0.15, 0.2) is 21.7 Å². The second-order valence-corrected chi connectivity index (χ2v) is 3.40. The first kappa shape index (κ1) is 13.4. The summed E-state index contributed by atoms with van der Waals surface area (Å²) >= 11 is 0. The molecule has 0 atom stereocenters. The van der Waals surface area contributed by atoms with Crippen LogP contribution in [0.3, 0.4) is 0 Å². The molecule has 0 aliphatic rings. The van der Waals surface area contributed by atoms with E-state index in [2.05, 4.69) is 0 Å². The maximum Gasteiger partial charge on any atom is 0.335 e. The number of rotatable bonds is 4. The summed E-state index contributed by atoms with van der Waals surface area (Å²) in [5.41, 5.74) is -0.476. The van der Waals surface area contributed by atoms with E-state index >= 15 is 0 Å². The number of nitrogens with zero attached hydrogens (tertiary/aromatic N) is 2. The Morgan fingerprint density at radius 1 is 1.29 bits per heavy atom. The van der Waals surface area contributed by atoms with Crippen LogP contribution in [-0.4, -0.2) is 23.4 Å². The Labute approximate surface area is 98.7 Å². The van der Waals surface area contributed by atoms with Crippen molar-refractivity contribution in [1.82, 2.24) is 9.13 Å². The SMILES string of the molecule is C/C=C\n1c(C(OC)OC)cc(=O)n(C)c1=O. The third kappa shape index (κ3) is 2.54. The molecule has 0 spiro atoms. The molecule has 6 nitrogen and oxygen atoms in total. The molecular formula is C11H16N2O4. The molecule has 0 bridgehead atoms. The van der Waals surface area contributed by atoms with Crippen molar-refractivity contribution in [2.45, 2.75) is 13.2 Å². The van der Waals surface area contributed by atoms with Crippen molar-refractivity contribution in [2.75, 3.05) is 14.2 Å². The first-order valence-electron chi connectivity index (χ1n) is 5.07. The quantitative estimate of drug-likeness (QED) is 0.711. The summed E-state index contributed by atoms with van der Waals surface area (Å²) in [7, 11) is 4.30. The molecule has 1 rings (SSSR count). The molecular weight excluding hydrogens is 224 g/mol. The van der Waals surface area contributed by atoms with Crippen LogP contribution in [-0.2, 0) is 16.5 Å². The molecule has 0 saturated carbocycles. The Morgan fingerprint density at radius 3 is 2.35 bits per heavy atom. The number of hydrogen-bond acceptors (Lipinski definition) is 4. The van der Waals surface area contributed by atoms with Gasteiger partial charge in [-0.2, -0.15) is 0 Å². The van der Waals surface area contributed by atoms with Gasteiger partial charge in [-0.15, -0.1) is 0 Å². The highest BCUT2D eigenvalue weighted by molar-refractivity contribution is 5.25. The highest BCUT2D eigenvalue weighted by atomic mass is 16.7. The number of methoxy groups -OCH3 is 2. The van der Waals surface area contributed by atoms with Crippen molar-refractivity contribution in [1.29, 1.82) is 0 Å². The van der Waals surface area contributed by atoms with E-state index in [1.54, 1.807) is 19.2 Å². The average molecular weight is 240 g/mol. The second-order valence-electron chi connectivity index (χ2n) is 3.40. The Kier molecular flexibility index (Phi) is 4.42. The maximum atomic E-state index is 11.9. The van der Waals surface area contributed by atoms with E-state index < -0.39 is 17.5 Å². The average Bonchev–Trinajstić information content (AvgIpc) is 2.32. The molecule has 1 aromatic heterocycles. The summed E-state index contributed by atoms with van der Waals surface area (Å²) in [6.07, 6.45) is 2.49. The largest absolute Gasteiger partial charge is 0.350 e. The number of allylic oxidation sites excluding steroid dienone is 1. The van der Waals surface area contributed by atoms with Crippen molar-refractivity contribution >= 4 is 6.20 Å². The summed E-state index contributed by atoms with van der Waals surface area (Å²) < 4.78 is 12.5. The summed E-state index contributed by atoms with van der Waals surface area (Å²) in [5, 5.41) is 0. The molecule has 1 aromatic rings. The van der Waals surface area contributed by atoms with Gasteiger partial charge in [0.1, 0.15) is 0 Å². The molecule has 1 heterocycles. The lowest BCUT2D eigenvalue weighted by atomic mass is 10.3. The predicted octanol–water partition coefficient (Wildman–Crippen LogP) is 0.329. The highest BCUT2D eigenvalue weighted by Gasteiger charge is 2.16. The lowest BCUT2D eigenvalue weighted by Gasteiger charge is -2.17. The van der Waals surface area contributed by atoms with Crippen LogP contribution in [0.1, 0.15) is 18.9 Å². The van der Waals surface area contributed by atoms with Gasteiger partial charge in [-0.3, -0.25) is 13.9 Å². The van der Waals surface area contributed by atoms with Crippen molar-refractivity contribution in [3.63, 3.8) is 0 Å². The standard InChI is InChI=1S/C11H16N2O4/c1-5-6-13-8(10(16-3)17-4)7-9(14)12(2)11(13)15/h5-7,10H,1-4H3/b6-5-. The molecule has 6 heteroatoms. The number of hydrogen-bond donors (Lipinski definition) is 0. The Morgan fingerprint density at radius 2 is 1.88 bits per heavy atom. The second kappa shape index (κ2) is 5.60. The van der Waals surface area contributed by atoms with Gasteiger partial charge in [0, 0.05) is 33.5 Å². The lowest BCUT2D eigenvalue weighted by molar-refractivity contribution is -0.110. The molecule has 0 N–H and O–H groups in total. The molecule has 0 unspecified atom stereocenters. The fourth-order valence-electron chi connectivity index (χ4n) is 1.48. The zero-order valence-electron chi connectivity index (χ0n) is 10.3. The number of ether oxygens (including phenoxy) is 2. The van der Waals surface area contributed by atoms with E-state index in [4.69, 9.17) is 9.47 Å². The van der Waals surface area contributed by atoms with Gasteiger partial charge >= 0.3 is 5.69 Å². The van der Waals surface area contributed by atoms with E-state index in [9.17, 15) is 9.59 Å². The van der Waals surface area contributed by atoms with Gasteiger partial charge in [0.2, 0.25) is 0 Å². The number of aromatic nitrogens is 2. The Hall–Kier alpha value is -1.66.